The van der Waals surface area contributed by atoms with Gasteiger partial charge in [0, 0.05) is 5.39 Å². The standard InChI is InChI=1S/C16H12N2O7S2.2Na/c19-14-8-5-10-9-11(26(20,21)22)6-7-12(10)16(14)18-17-13-3-1-2-4-15(13)27(23,24)25;;/h1-9,19H,(H,20,21,22)(H,23,24,25);;/q;2*+1/p-2. The molecule has 0 aliphatic rings. The zero-order valence-electron chi connectivity index (χ0n) is 15.3. The van der Waals surface area contributed by atoms with Gasteiger partial charge in [-0.2, -0.15) is 0 Å². The van der Waals surface area contributed by atoms with Crippen molar-refractivity contribution in [3.63, 3.8) is 0 Å². The van der Waals surface area contributed by atoms with Gasteiger partial charge in [0.2, 0.25) is 0 Å². The maximum atomic E-state index is 11.3. The van der Waals surface area contributed by atoms with Crippen molar-refractivity contribution in [3.8, 4) is 5.75 Å². The third-order valence-electron chi connectivity index (χ3n) is 3.62. The topological polar surface area (TPSA) is 159 Å². The summed E-state index contributed by atoms with van der Waals surface area (Å²) < 4.78 is 67.3. The molecule has 0 saturated heterocycles. The van der Waals surface area contributed by atoms with Gasteiger partial charge >= 0.3 is 59.1 Å². The first-order chi connectivity index (χ1) is 12.6. The molecule has 29 heavy (non-hydrogen) atoms. The molecule has 13 heteroatoms. The average Bonchev–Trinajstić information content (AvgIpc) is 2.59. The van der Waals surface area contributed by atoms with Crippen molar-refractivity contribution in [1.29, 1.82) is 0 Å². The van der Waals surface area contributed by atoms with Crippen molar-refractivity contribution < 1.29 is 90.2 Å². The van der Waals surface area contributed by atoms with Crippen LogP contribution in [0.5, 0.6) is 5.75 Å². The monoisotopic (exact) mass is 452 g/mol. The quantitative estimate of drug-likeness (QED) is 0.248. The zero-order chi connectivity index (χ0) is 19.8. The van der Waals surface area contributed by atoms with Gasteiger partial charge in [0.15, 0.2) is 0 Å². The van der Waals surface area contributed by atoms with Crippen LogP contribution in [0.4, 0.5) is 11.4 Å². The van der Waals surface area contributed by atoms with Crippen molar-refractivity contribution in [2.24, 2.45) is 10.2 Å². The number of hydrogen-bond acceptors (Lipinski definition) is 9. The summed E-state index contributed by atoms with van der Waals surface area (Å²) in [7, 11) is -9.44. The minimum absolute atomic E-state index is 0. The number of hydrogen-bond donors (Lipinski definition) is 1. The number of nitrogens with zero attached hydrogens (tertiary/aromatic N) is 2. The largest absolute Gasteiger partial charge is 1.00 e. The van der Waals surface area contributed by atoms with E-state index in [1.54, 1.807) is 0 Å². The Morgan fingerprint density at radius 1 is 0.793 bits per heavy atom. The summed E-state index contributed by atoms with van der Waals surface area (Å²) in [5.74, 6) is -0.313. The molecule has 0 radical (unpaired) electrons. The molecule has 3 rings (SSSR count). The van der Waals surface area contributed by atoms with Crippen molar-refractivity contribution in [2.75, 3.05) is 0 Å². The van der Waals surface area contributed by atoms with Crippen LogP contribution in [-0.4, -0.2) is 31.0 Å². The van der Waals surface area contributed by atoms with Crippen molar-refractivity contribution in [2.45, 2.75) is 9.79 Å². The number of fused-ring (bicyclic) bond motifs is 1. The first-order valence-corrected chi connectivity index (χ1v) is 10.1. The fourth-order valence-corrected chi connectivity index (χ4v) is 3.51. The van der Waals surface area contributed by atoms with E-state index in [1.807, 2.05) is 0 Å². The average molecular weight is 452 g/mol. The minimum atomic E-state index is -4.78. The molecule has 0 aliphatic carbocycles. The second-order valence-corrected chi connectivity index (χ2v) is 8.12. The predicted octanol–water partition coefficient (Wildman–Crippen LogP) is -3.22. The molecular weight excluding hydrogens is 442 g/mol. The molecule has 1 N–H and O–H groups in total. The van der Waals surface area contributed by atoms with E-state index in [1.165, 1.54) is 36.4 Å². The molecule has 0 spiro atoms. The molecule has 0 unspecified atom stereocenters. The summed E-state index contributed by atoms with van der Waals surface area (Å²) in [6.45, 7) is 0. The Kier molecular flexibility index (Phi) is 8.99. The van der Waals surface area contributed by atoms with Gasteiger partial charge in [0.05, 0.1) is 9.79 Å². The Balaban J connectivity index is 0.00000210. The van der Waals surface area contributed by atoms with Gasteiger partial charge < -0.3 is 14.2 Å². The summed E-state index contributed by atoms with van der Waals surface area (Å²) in [4.78, 5) is -1.03. The van der Waals surface area contributed by atoms with Crippen LogP contribution in [0, 0.1) is 0 Å². The van der Waals surface area contributed by atoms with E-state index in [9.17, 15) is 31.0 Å². The number of phenolic OH excluding ortho intramolecular Hbond substituents is 1. The van der Waals surface area contributed by atoms with E-state index in [4.69, 9.17) is 0 Å². The zero-order valence-corrected chi connectivity index (χ0v) is 20.9. The van der Waals surface area contributed by atoms with E-state index in [-0.39, 0.29) is 81.6 Å². The third-order valence-corrected chi connectivity index (χ3v) is 5.34. The molecule has 0 fully saturated rings. The summed E-state index contributed by atoms with van der Waals surface area (Å²) in [6.07, 6.45) is 0. The number of azo groups is 1. The molecule has 0 aliphatic heterocycles. The van der Waals surface area contributed by atoms with E-state index in [0.29, 0.717) is 5.39 Å². The van der Waals surface area contributed by atoms with Crippen LogP contribution in [0.25, 0.3) is 10.8 Å². The third kappa shape index (κ3) is 6.07. The smallest absolute Gasteiger partial charge is 0.744 e. The van der Waals surface area contributed by atoms with Gasteiger partial charge in [0.25, 0.3) is 0 Å². The van der Waals surface area contributed by atoms with E-state index in [0.717, 1.165) is 18.2 Å². The van der Waals surface area contributed by atoms with Gasteiger partial charge in [0.1, 0.15) is 37.4 Å². The van der Waals surface area contributed by atoms with Crippen LogP contribution in [-0.2, 0) is 20.2 Å². The molecule has 3 aromatic carbocycles. The number of benzene rings is 3. The van der Waals surface area contributed by atoms with Gasteiger partial charge in [-0.3, -0.25) is 0 Å². The number of aromatic hydroxyl groups is 1. The second-order valence-electron chi connectivity index (χ2n) is 5.39. The Bertz CT molecular complexity index is 1290. The van der Waals surface area contributed by atoms with Crippen LogP contribution in [0.2, 0.25) is 0 Å². The molecule has 0 heterocycles. The molecule has 0 amide bonds. The molecule has 0 aromatic heterocycles. The van der Waals surface area contributed by atoms with Crippen LogP contribution in [0.15, 0.2) is 74.6 Å². The number of phenols is 1. The Labute approximate surface area is 210 Å². The minimum Gasteiger partial charge on any atom is -0.744 e. The van der Waals surface area contributed by atoms with E-state index < -0.39 is 30.0 Å². The Hall–Kier alpha value is -0.860. The summed E-state index contributed by atoms with van der Waals surface area (Å²) in [6, 6.07) is 11.2. The second kappa shape index (κ2) is 9.96. The van der Waals surface area contributed by atoms with Gasteiger partial charge in [-0.05, 0) is 35.7 Å². The van der Waals surface area contributed by atoms with E-state index in [2.05, 4.69) is 10.2 Å². The van der Waals surface area contributed by atoms with Gasteiger partial charge in [-0.15, -0.1) is 10.2 Å². The molecule has 0 bridgehead atoms. The molecule has 3 aromatic rings. The van der Waals surface area contributed by atoms with E-state index >= 15 is 0 Å². The Morgan fingerprint density at radius 2 is 1.45 bits per heavy atom. The van der Waals surface area contributed by atoms with Crippen LogP contribution < -0.4 is 59.1 Å². The summed E-state index contributed by atoms with van der Waals surface area (Å²) in [5.41, 5.74) is -0.303. The van der Waals surface area contributed by atoms with Crippen LogP contribution in [0.1, 0.15) is 0 Å². The summed E-state index contributed by atoms with van der Waals surface area (Å²) in [5, 5.41) is 18.1. The van der Waals surface area contributed by atoms with Crippen molar-refractivity contribution in [3.05, 3.63) is 54.6 Å². The first kappa shape index (κ1) is 26.2. The van der Waals surface area contributed by atoms with Crippen LogP contribution in [0.3, 0.4) is 0 Å². The normalized spacial score (nSPS) is 11.8. The maximum absolute atomic E-state index is 11.3. The Morgan fingerprint density at radius 3 is 2.07 bits per heavy atom. The van der Waals surface area contributed by atoms with Crippen molar-refractivity contribution >= 4 is 42.4 Å². The van der Waals surface area contributed by atoms with Crippen LogP contribution >= 0.6 is 0 Å². The first-order valence-electron chi connectivity index (χ1n) is 7.26. The van der Waals surface area contributed by atoms with Gasteiger partial charge in [-0.25, -0.2) is 16.8 Å². The SMILES string of the molecule is O=S(=O)([O-])c1ccc2c(N=Nc3ccccc3S(=O)(=O)[O-])c(O)ccc2c1.[Na+].[Na+]. The summed E-state index contributed by atoms with van der Waals surface area (Å²) >= 11 is 0. The van der Waals surface area contributed by atoms with Crippen molar-refractivity contribution in [1.82, 2.24) is 0 Å². The van der Waals surface area contributed by atoms with Gasteiger partial charge in [-0.1, -0.05) is 24.3 Å². The fraction of sp³-hybridized carbons (Fsp3) is 0. The molecule has 140 valence electrons. The molecule has 0 saturated carbocycles. The molecule has 0 atom stereocenters. The molecule has 9 nitrogen and oxygen atoms in total. The predicted molar refractivity (Wildman–Crippen MR) is 92.2 cm³/mol. The molecular formula is C16H10N2Na2O7S2. The fourth-order valence-electron chi connectivity index (χ4n) is 2.40. The maximum Gasteiger partial charge on any atom is 1.00 e. The number of rotatable bonds is 4.